The molecule has 190 valence electrons. The number of rotatable bonds is 9. The van der Waals surface area contributed by atoms with Gasteiger partial charge in [-0.2, -0.15) is 0 Å². The van der Waals surface area contributed by atoms with E-state index >= 15 is 0 Å². The molecule has 2 amide bonds. The van der Waals surface area contributed by atoms with Crippen LogP contribution in [0.25, 0.3) is 6.08 Å². The Balaban J connectivity index is 1.27. The number of hydrogen-bond acceptors (Lipinski definition) is 7. The summed E-state index contributed by atoms with van der Waals surface area (Å²) in [7, 11) is 1.58. The van der Waals surface area contributed by atoms with E-state index in [0.717, 1.165) is 28.3 Å². The summed E-state index contributed by atoms with van der Waals surface area (Å²) in [5, 5.41) is 6.84. The van der Waals surface area contributed by atoms with Crippen LogP contribution in [0, 0.1) is 19.8 Å². The number of hydrogen-bond donors (Lipinski definition) is 1. The normalized spacial score (nSPS) is 14.2. The van der Waals surface area contributed by atoms with E-state index in [1.54, 1.807) is 36.5 Å². The lowest BCUT2D eigenvalue weighted by molar-refractivity contribution is -0.132. The lowest BCUT2D eigenvalue weighted by Gasteiger charge is -2.30. The maximum absolute atomic E-state index is 12.7. The lowest BCUT2D eigenvalue weighted by Crippen LogP contribution is -2.42. The SMILES string of the molecule is COc1cc(/C=C/C(=O)N2CCC(C(=O)NCc3ccco3)CC2)ccc1OCc1c(C)noc1C. The van der Waals surface area contributed by atoms with Gasteiger partial charge in [-0.25, -0.2) is 0 Å². The minimum absolute atomic E-state index is 0.00204. The van der Waals surface area contributed by atoms with Crippen molar-refractivity contribution in [2.75, 3.05) is 20.2 Å². The Kier molecular flexibility index (Phi) is 8.10. The maximum Gasteiger partial charge on any atom is 0.246 e. The lowest BCUT2D eigenvalue weighted by atomic mass is 9.96. The van der Waals surface area contributed by atoms with E-state index in [-0.39, 0.29) is 17.7 Å². The van der Waals surface area contributed by atoms with Crippen molar-refractivity contribution in [1.82, 2.24) is 15.4 Å². The Morgan fingerprint density at radius 3 is 2.67 bits per heavy atom. The molecular formula is C27H31N3O6. The highest BCUT2D eigenvalue weighted by molar-refractivity contribution is 5.92. The molecule has 0 unspecified atom stereocenters. The van der Waals surface area contributed by atoms with Crippen molar-refractivity contribution in [1.29, 1.82) is 0 Å². The quantitative estimate of drug-likeness (QED) is 0.448. The monoisotopic (exact) mass is 493 g/mol. The largest absolute Gasteiger partial charge is 0.493 e. The van der Waals surface area contributed by atoms with Crippen molar-refractivity contribution in [3.8, 4) is 11.5 Å². The number of ether oxygens (including phenoxy) is 2. The smallest absolute Gasteiger partial charge is 0.246 e. The Hall–Kier alpha value is -4.01. The molecule has 3 heterocycles. The predicted octanol–water partition coefficient (Wildman–Crippen LogP) is 4.04. The molecule has 0 bridgehead atoms. The number of aromatic nitrogens is 1. The van der Waals surface area contributed by atoms with Crippen LogP contribution < -0.4 is 14.8 Å². The van der Waals surface area contributed by atoms with Crippen LogP contribution in [0.15, 0.2) is 51.6 Å². The summed E-state index contributed by atoms with van der Waals surface area (Å²) in [5.41, 5.74) is 2.52. The van der Waals surface area contributed by atoms with Gasteiger partial charge in [0.1, 0.15) is 18.1 Å². The van der Waals surface area contributed by atoms with Gasteiger partial charge in [0.2, 0.25) is 11.8 Å². The molecule has 0 radical (unpaired) electrons. The Morgan fingerprint density at radius 2 is 2.00 bits per heavy atom. The molecule has 9 nitrogen and oxygen atoms in total. The number of nitrogens with zero attached hydrogens (tertiary/aromatic N) is 2. The van der Waals surface area contributed by atoms with E-state index in [4.69, 9.17) is 18.4 Å². The van der Waals surface area contributed by atoms with Crippen LogP contribution in [-0.2, 0) is 22.7 Å². The highest BCUT2D eigenvalue weighted by atomic mass is 16.5. The van der Waals surface area contributed by atoms with E-state index in [0.29, 0.717) is 50.6 Å². The van der Waals surface area contributed by atoms with Gasteiger partial charge in [-0.3, -0.25) is 9.59 Å². The molecule has 0 atom stereocenters. The second-order valence-electron chi connectivity index (χ2n) is 8.73. The number of benzene rings is 1. The number of aryl methyl sites for hydroxylation is 2. The third kappa shape index (κ3) is 6.16. The van der Waals surface area contributed by atoms with Gasteiger partial charge in [0.05, 0.1) is 31.2 Å². The van der Waals surface area contributed by atoms with E-state index < -0.39 is 0 Å². The van der Waals surface area contributed by atoms with Crippen LogP contribution in [0.2, 0.25) is 0 Å². The van der Waals surface area contributed by atoms with Crippen LogP contribution in [0.3, 0.4) is 0 Å². The van der Waals surface area contributed by atoms with E-state index in [2.05, 4.69) is 10.5 Å². The molecule has 1 fully saturated rings. The van der Waals surface area contributed by atoms with Crippen LogP contribution in [0.5, 0.6) is 11.5 Å². The summed E-state index contributed by atoms with van der Waals surface area (Å²) in [6.07, 6.45) is 6.16. The van der Waals surface area contributed by atoms with Gasteiger partial charge in [-0.15, -0.1) is 0 Å². The molecule has 0 aliphatic carbocycles. The van der Waals surface area contributed by atoms with Crippen LogP contribution in [0.4, 0.5) is 0 Å². The highest BCUT2D eigenvalue weighted by Gasteiger charge is 2.26. The Labute approximate surface area is 210 Å². The first-order valence-electron chi connectivity index (χ1n) is 11.9. The van der Waals surface area contributed by atoms with Crippen molar-refractivity contribution in [2.24, 2.45) is 5.92 Å². The first-order valence-corrected chi connectivity index (χ1v) is 11.9. The van der Waals surface area contributed by atoms with Gasteiger partial charge < -0.3 is 28.6 Å². The number of furan rings is 1. The Morgan fingerprint density at radius 1 is 1.19 bits per heavy atom. The second-order valence-corrected chi connectivity index (χ2v) is 8.73. The molecule has 1 N–H and O–H groups in total. The minimum atomic E-state index is -0.102. The third-order valence-electron chi connectivity index (χ3n) is 6.35. The Bertz CT molecular complexity index is 1190. The summed E-state index contributed by atoms with van der Waals surface area (Å²) in [4.78, 5) is 26.9. The number of piperidine rings is 1. The molecule has 1 saturated heterocycles. The summed E-state index contributed by atoms with van der Waals surface area (Å²) in [6.45, 7) is 5.50. The number of nitrogens with one attached hydrogen (secondary N) is 1. The molecule has 3 aromatic rings. The van der Waals surface area contributed by atoms with Crippen LogP contribution in [-0.4, -0.2) is 42.1 Å². The minimum Gasteiger partial charge on any atom is -0.493 e. The predicted molar refractivity (Wildman–Crippen MR) is 132 cm³/mol. The van der Waals surface area contributed by atoms with E-state index in [9.17, 15) is 9.59 Å². The van der Waals surface area contributed by atoms with Crippen molar-refractivity contribution in [3.63, 3.8) is 0 Å². The topological polar surface area (TPSA) is 107 Å². The van der Waals surface area contributed by atoms with Gasteiger partial charge in [0.15, 0.2) is 11.5 Å². The summed E-state index contributed by atoms with van der Waals surface area (Å²) >= 11 is 0. The van der Waals surface area contributed by atoms with Crippen LogP contribution in [0.1, 0.15) is 41.2 Å². The number of likely N-dealkylation sites (tertiary alicyclic amines) is 1. The zero-order chi connectivity index (χ0) is 25.5. The summed E-state index contributed by atoms with van der Waals surface area (Å²) in [6, 6.07) is 9.12. The fourth-order valence-electron chi connectivity index (χ4n) is 4.13. The molecule has 1 aliphatic heterocycles. The number of carbonyl (C=O) groups is 2. The molecule has 9 heteroatoms. The number of methoxy groups -OCH3 is 1. The van der Waals surface area contributed by atoms with Crippen molar-refractivity contribution >= 4 is 17.9 Å². The van der Waals surface area contributed by atoms with Gasteiger partial charge >= 0.3 is 0 Å². The zero-order valence-corrected chi connectivity index (χ0v) is 20.8. The molecule has 1 aliphatic rings. The van der Waals surface area contributed by atoms with Gasteiger partial charge in [-0.1, -0.05) is 11.2 Å². The number of amides is 2. The van der Waals surface area contributed by atoms with E-state index in [1.807, 2.05) is 38.1 Å². The summed E-state index contributed by atoms with van der Waals surface area (Å²) < 4.78 is 21.8. The molecule has 36 heavy (non-hydrogen) atoms. The zero-order valence-electron chi connectivity index (χ0n) is 20.8. The first-order chi connectivity index (χ1) is 17.4. The standard InChI is InChI=1S/C27H31N3O6/c1-18-23(19(2)36-29-18)17-35-24-8-6-20(15-25(24)33-3)7-9-26(31)30-12-10-21(11-13-30)27(32)28-16-22-5-4-14-34-22/h4-9,14-15,21H,10-13,16-17H2,1-3H3,(H,28,32)/b9-7+. The molecule has 2 aromatic heterocycles. The molecule has 0 saturated carbocycles. The fourth-order valence-corrected chi connectivity index (χ4v) is 4.13. The fraction of sp³-hybridized carbons (Fsp3) is 0.370. The van der Waals surface area contributed by atoms with Crippen molar-refractivity contribution in [3.05, 3.63) is 71.0 Å². The van der Waals surface area contributed by atoms with Gasteiger partial charge in [0.25, 0.3) is 0 Å². The van der Waals surface area contributed by atoms with Crippen LogP contribution >= 0.6 is 0 Å². The average molecular weight is 494 g/mol. The second kappa shape index (κ2) is 11.6. The van der Waals surface area contributed by atoms with E-state index in [1.165, 1.54) is 0 Å². The molecule has 4 rings (SSSR count). The third-order valence-corrected chi connectivity index (χ3v) is 6.35. The maximum atomic E-state index is 12.7. The van der Waals surface area contributed by atoms with Gasteiger partial charge in [-0.05, 0) is 62.6 Å². The molecule has 0 spiro atoms. The molecule has 1 aromatic carbocycles. The first kappa shape index (κ1) is 25.1. The van der Waals surface area contributed by atoms with Crippen molar-refractivity contribution in [2.45, 2.75) is 39.8 Å². The average Bonchev–Trinajstić information content (AvgIpc) is 3.54. The summed E-state index contributed by atoms with van der Waals surface area (Å²) in [5.74, 6) is 2.42. The highest BCUT2D eigenvalue weighted by Crippen LogP contribution is 2.30. The number of carbonyl (C=O) groups excluding carboxylic acids is 2. The van der Waals surface area contributed by atoms with Gasteiger partial charge in [0, 0.05) is 25.1 Å². The van der Waals surface area contributed by atoms with Crippen molar-refractivity contribution < 1.29 is 28.0 Å². The molecular weight excluding hydrogens is 462 g/mol.